The first-order chi connectivity index (χ1) is 7.06. The van der Waals surface area contributed by atoms with E-state index in [0.717, 1.165) is 0 Å². The van der Waals surface area contributed by atoms with E-state index >= 15 is 0 Å². The highest BCUT2D eigenvalue weighted by atomic mass is 16.4. The van der Waals surface area contributed by atoms with Crippen molar-refractivity contribution in [2.24, 2.45) is 5.41 Å². The van der Waals surface area contributed by atoms with Crippen LogP contribution in [-0.2, 0) is 4.79 Å². The first-order valence-electron chi connectivity index (χ1n) is 5.00. The van der Waals surface area contributed by atoms with Gasteiger partial charge < -0.3 is 20.4 Å². The van der Waals surface area contributed by atoms with Gasteiger partial charge in [0.2, 0.25) is 5.91 Å². The lowest BCUT2D eigenvalue weighted by molar-refractivity contribution is -0.133. The zero-order valence-corrected chi connectivity index (χ0v) is 8.27. The van der Waals surface area contributed by atoms with Crippen LogP contribution in [0.3, 0.4) is 0 Å². The summed E-state index contributed by atoms with van der Waals surface area (Å²) in [5, 5.41) is 21.1. The van der Waals surface area contributed by atoms with Gasteiger partial charge in [-0.25, -0.2) is 4.79 Å². The van der Waals surface area contributed by atoms with E-state index in [2.05, 4.69) is 5.32 Å². The average Bonchev–Trinajstić information content (AvgIpc) is 2.48. The highest BCUT2D eigenvalue weighted by molar-refractivity contribution is 5.86. The summed E-state index contributed by atoms with van der Waals surface area (Å²) < 4.78 is 0. The monoisotopic (exact) mass is 214 g/mol. The smallest absolute Gasteiger partial charge is 0.407 e. The number of carbonyl (C=O) groups is 2. The number of rotatable bonds is 0. The van der Waals surface area contributed by atoms with Gasteiger partial charge in [-0.2, -0.15) is 0 Å². The zero-order chi connectivity index (χ0) is 11.1. The van der Waals surface area contributed by atoms with Crippen molar-refractivity contribution >= 4 is 12.0 Å². The van der Waals surface area contributed by atoms with Gasteiger partial charge in [0.25, 0.3) is 0 Å². The molecule has 2 amide bonds. The number of nitrogens with one attached hydrogen (secondary N) is 1. The lowest BCUT2D eigenvalue weighted by Gasteiger charge is -2.37. The molecule has 3 N–H and O–H groups in total. The lowest BCUT2D eigenvalue weighted by Crippen LogP contribution is -2.49. The second-order valence-electron chi connectivity index (χ2n) is 4.15. The van der Waals surface area contributed by atoms with Crippen LogP contribution in [0.1, 0.15) is 12.8 Å². The standard InChI is InChI=1S/C9H14N2O4/c12-6-5-10-7(13)9(6)1-3-11(4-2-9)8(14)15/h6,12H,1-5H2,(H,10,13)(H,14,15). The summed E-state index contributed by atoms with van der Waals surface area (Å²) in [6.45, 7) is 0.922. The molecule has 0 aliphatic carbocycles. The fourth-order valence-electron chi connectivity index (χ4n) is 2.37. The highest BCUT2D eigenvalue weighted by Crippen LogP contribution is 2.38. The summed E-state index contributed by atoms with van der Waals surface area (Å²) in [5.41, 5.74) is -0.744. The molecule has 84 valence electrons. The molecule has 6 heteroatoms. The number of piperidine rings is 1. The van der Waals surface area contributed by atoms with Crippen LogP contribution in [0.15, 0.2) is 0 Å². The summed E-state index contributed by atoms with van der Waals surface area (Å²) in [6.07, 6.45) is -0.822. The van der Waals surface area contributed by atoms with Crippen LogP contribution in [0.5, 0.6) is 0 Å². The Morgan fingerprint density at radius 2 is 2.07 bits per heavy atom. The number of carbonyl (C=O) groups excluding carboxylic acids is 1. The second-order valence-corrected chi connectivity index (χ2v) is 4.15. The van der Waals surface area contributed by atoms with Crippen LogP contribution in [0.4, 0.5) is 4.79 Å². The van der Waals surface area contributed by atoms with E-state index < -0.39 is 17.6 Å². The molecule has 1 spiro atoms. The van der Waals surface area contributed by atoms with E-state index in [1.54, 1.807) is 0 Å². The minimum Gasteiger partial charge on any atom is -0.465 e. The van der Waals surface area contributed by atoms with Crippen LogP contribution >= 0.6 is 0 Å². The van der Waals surface area contributed by atoms with Crippen molar-refractivity contribution in [3.8, 4) is 0 Å². The van der Waals surface area contributed by atoms with E-state index in [0.29, 0.717) is 25.9 Å². The molecule has 0 radical (unpaired) electrons. The number of hydrogen-bond donors (Lipinski definition) is 3. The third-order valence-corrected chi connectivity index (χ3v) is 3.47. The average molecular weight is 214 g/mol. The largest absolute Gasteiger partial charge is 0.465 e. The summed E-state index contributed by atoms with van der Waals surface area (Å²) in [6, 6.07) is 0. The van der Waals surface area contributed by atoms with Gasteiger partial charge in [0.05, 0.1) is 11.5 Å². The van der Waals surface area contributed by atoms with E-state index in [1.165, 1.54) is 4.90 Å². The van der Waals surface area contributed by atoms with Gasteiger partial charge >= 0.3 is 6.09 Å². The van der Waals surface area contributed by atoms with Crippen LogP contribution in [-0.4, -0.2) is 52.9 Å². The third-order valence-electron chi connectivity index (χ3n) is 3.47. The van der Waals surface area contributed by atoms with Crippen LogP contribution < -0.4 is 5.32 Å². The molecule has 2 heterocycles. The number of hydrogen-bond acceptors (Lipinski definition) is 3. The van der Waals surface area contributed by atoms with Gasteiger partial charge in [0, 0.05) is 19.6 Å². The lowest BCUT2D eigenvalue weighted by atomic mass is 9.75. The zero-order valence-electron chi connectivity index (χ0n) is 8.27. The van der Waals surface area contributed by atoms with Crippen LogP contribution in [0.25, 0.3) is 0 Å². The third kappa shape index (κ3) is 1.45. The van der Waals surface area contributed by atoms with E-state index in [-0.39, 0.29) is 12.5 Å². The molecule has 15 heavy (non-hydrogen) atoms. The molecule has 2 aliphatic heterocycles. The molecule has 0 bridgehead atoms. The van der Waals surface area contributed by atoms with E-state index in [9.17, 15) is 14.7 Å². The fourth-order valence-corrected chi connectivity index (χ4v) is 2.37. The predicted octanol–water partition coefficient (Wildman–Crippen LogP) is -0.763. The highest BCUT2D eigenvalue weighted by Gasteiger charge is 2.51. The topological polar surface area (TPSA) is 89.9 Å². The minimum absolute atomic E-state index is 0.139. The van der Waals surface area contributed by atoms with Gasteiger partial charge in [-0.3, -0.25) is 4.79 Å². The SMILES string of the molecule is O=C(O)N1CCC2(CC1)C(=O)NCC2O. The first kappa shape index (κ1) is 10.2. The summed E-state index contributed by atoms with van der Waals surface area (Å²) >= 11 is 0. The first-order valence-corrected chi connectivity index (χ1v) is 5.00. The van der Waals surface area contributed by atoms with Crippen molar-refractivity contribution in [3.05, 3.63) is 0 Å². The number of aliphatic hydroxyl groups excluding tert-OH is 1. The van der Waals surface area contributed by atoms with Crippen molar-refractivity contribution < 1.29 is 19.8 Å². The van der Waals surface area contributed by atoms with E-state index in [4.69, 9.17) is 5.11 Å². The maximum atomic E-state index is 11.6. The van der Waals surface area contributed by atoms with Crippen molar-refractivity contribution in [3.63, 3.8) is 0 Å². The predicted molar refractivity (Wildman–Crippen MR) is 50.3 cm³/mol. The van der Waals surface area contributed by atoms with Gasteiger partial charge in [-0.1, -0.05) is 0 Å². The molecule has 0 aromatic heterocycles. The Hall–Kier alpha value is -1.30. The van der Waals surface area contributed by atoms with Crippen molar-refractivity contribution in [2.45, 2.75) is 18.9 Å². The number of carboxylic acid groups (broad SMARTS) is 1. The van der Waals surface area contributed by atoms with Gasteiger partial charge in [0.1, 0.15) is 0 Å². The van der Waals surface area contributed by atoms with Crippen LogP contribution in [0, 0.1) is 5.41 Å². The Morgan fingerprint density at radius 1 is 1.47 bits per heavy atom. The normalized spacial score (nSPS) is 29.3. The Kier molecular flexibility index (Phi) is 2.30. The van der Waals surface area contributed by atoms with Crippen LogP contribution in [0.2, 0.25) is 0 Å². The molecule has 1 unspecified atom stereocenters. The Labute approximate surface area is 86.9 Å². The number of amides is 2. The molecule has 0 saturated carbocycles. The quantitative estimate of drug-likeness (QED) is 0.494. The molecule has 2 aliphatic rings. The summed E-state index contributed by atoms with van der Waals surface area (Å²) in [7, 11) is 0. The molecule has 1 atom stereocenters. The van der Waals surface area contributed by atoms with Crippen molar-refractivity contribution in [1.82, 2.24) is 10.2 Å². The second kappa shape index (κ2) is 3.37. The summed E-state index contributed by atoms with van der Waals surface area (Å²) in [4.78, 5) is 23.6. The Balaban J connectivity index is 2.08. The van der Waals surface area contributed by atoms with Gasteiger partial charge in [0.15, 0.2) is 0 Å². The molecular formula is C9H14N2O4. The molecule has 2 fully saturated rings. The van der Waals surface area contributed by atoms with Crippen molar-refractivity contribution in [2.75, 3.05) is 19.6 Å². The number of β-amino-alcohol motifs (C(OH)–C–C–N with tert-alkyl or cyclic N) is 1. The number of aliphatic hydroxyl groups is 1. The number of likely N-dealkylation sites (tertiary alicyclic amines) is 1. The Morgan fingerprint density at radius 3 is 2.47 bits per heavy atom. The maximum Gasteiger partial charge on any atom is 0.407 e. The van der Waals surface area contributed by atoms with Gasteiger partial charge in [-0.15, -0.1) is 0 Å². The Bertz CT molecular complexity index is 296. The van der Waals surface area contributed by atoms with E-state index in [1.807, 2.05) is 0 Å². The molecular weight excluding hydrogens is 200 g/mol. The molecule has 0 aromatic carbocycles. The molecule has 0 aromatic rings. The number of nitrogens with zero attached hydrogens (tertiary/aromatic N) is 1. The van der Waals surface area contributed by atoms with Crippen molar-refractivity contribution in [1.29, 1.82) is 0 Å². The van der Waals surface area contributed by atoms with Gasteiger partial charge in [-0.05, 0) is 12.8 Å². The summed E-state index contributed by atoms with van der Waals surface area (Å²) in [5.74, 6) is -0.139. The maximum absolute atomic E-state index is 11.6. The molecule has 2 rings (SSSR count). The fraction of sp³-hybridized carbons (Fsp3) is 0.778. The molecule has 2 saturated heterocycles. The minimum atomic E-state index is -0.960. The molecule has 6 nitrogen and oxygen atoms in total.